The lowest BCUT2D eigenvalue weighted by Crippen LogP contribution is -2.40. The quantitative estimate of drug-likeness (QED) is 0.919. The first kappa shape index (κ1) is 13.6. The molecule has 2 aliphatic rings. The van der Waals surface area contributed by atoms with Crippen LogP contribution >= 0.6 is 0 Å². The highest BCUT2D eigenvalue weighted by molar-refractivity contribution is 5.51. The Morgan fingerprint density at radius 1 is 1.25 bits per heavy atom. The van der Waals surface area contributed by atoms with E-state index in [9.17, 15) is 4.39 Å². The summed E-state index contributed by atoms with van der Waals surface area (Å²) in [5, 5.41) is 0. The van der Waals surface area contributed by atoms with Crippen molar-refractivity contribution >= 4 is 5.69 Å². The minimum atomic E-state index is -0.225. The molecule has 1 aromatic carbocycles. The van der Waals surface area contributed by atoms with E-state index in [0.717, 1.165) is 39.0 Å². The third kappa shape index (κ3) is 3.04. The summed E-state index contributed by atoms with van der Waals surface area (Å²) < 4.78 is 25.2. The highest BCUT2D eigenvalue weighted by atomic mass is 19.1. The Kier molecular flexibility index (Phi) is 4.08. The van der Waals surface area contributed by atoms with Gasteiger partial charge in [-0.3, -0.25) is 0 Å². The van der Waals surface area contributed by atoms with Crippen LogP contribution in [0.2, 0.25) is 0 Å². The van der Waals surface area contributed by atoms with Crippen molar-refractivity contribution in [1.82, 2.24) is 0 Å². The Morgan fingerprint density at radius 2 is 2.05 bits per heavy atom. The van der Waals surface area contributed by atoms with Crippen LogP contribution in [0.25, 0.3) is 0 Å². The molecule has 0 aliphatic carbocycles. The van der Waals surface area contributed by atoms with E-state index < -0.39 is 0 Å². The lowest BCUT2D eigenvalue weighted by molar-refractivity contribution is 0.141. The Labute approximate surface area is 118 Å². The number of benzene rings is 1. The van der Waals surface area contributed by atoms with E-state index in [-0.39, 0.29) is 18.0 Å². The molecule has 5 heteroatoms. The molecule has 0 spiro atoms. The fraction of sp³-hybridized carbons (Fsp3) is 0.600. The summed E-state index contributed by atoms with van der Waals surface area (Å²) in [5.41, 5.74) is 6.52. The van der Waals surface area contributed by atoms with Gasteiger partial charge in [-0.15, -0.1) is 0 Å². The fourth-order valence-corrected chi connectivity index (χ4v) is 2.76. The summed E-state index contributed by atoms with van der Waals surface area (Å²) >= 11 is 0. The predicted octanol–water partition coefficient (Wildman–Crippen LogP) is 1.92. The molecule has 0 bridgehead atoms. The van der Waals surface area contributed by atoms with E-state index >= 15 is 0 Å². The van der Waals surface area contributed by atoms with Gasteiger partial charge in [0.15, 0.2) is 0 Å². The highest BCUT2D eigenvalue weighted by Gasteiger charge is 2.21. The first-order valence-electron chi connectivity index (χ1n) is 7.27. The Morgan fingerprint density at radius 3 is 2.70 bits per heavy atom. The molecule has 110 valence electrons. The van der Waals surface area contributed by atoms with Crippen molar-refractivity contribution < 1.29 is 13.9 Å². The van der Waals surface area contributed by atoms with Crippen LogP contribution in [0.1, 0.15) is 19.3 Å². The van der Waals surface area contributed by atoms with E-state index in [2.05, 4.69) is 4.90 Å². The van der Waals surface area contributed by atoms with Crippen molar-refractivity contribution in [2.45, 2.75) is 31.4 Å². The predicted molar refractivity (Wildman–Crippen MR) is 75.7 cm³/mol. The summed E-state index contributed by atoms with van der Waals surface area (Å²) in [7, 11) is 0. The van der Waals surface area contributed by atoms with Gasteiger partial charge in [-0.05, 0) is 25.0 Å². The van der Waals surface area contributed by atoms with Crippen molar-refractivity contribution in [3.05, 3.63) is 24.0 Å². The number of nitrogens with two attached hydrogens (primary N) is 1. The van der Waals surface area contributed by atoms with E-state index in [0.29, 0.717) is 18.0 Å². The Balaban J connectivity index is 1.67. The molecule has 1 unspecified atom stereocenters. The average molecular weight is 280 g/mol. The second kappa shape index (κ2) is 5.97. The summed E-state index contributed by atoms with van der Waals surface area (Å²) in [5.74, 6) is 0.354. The lowest BCUT2D eigenvalue weighted by atomic mass is 10.1. The topological polar surface area (TPSA) is 47.7 Å². The van der Waals surface area contributed by atoms with Gasteiger partial charge in [-0.25, -0.2) is 4.39 Å². The van der Waals surface area contributed by atoms with Gasteiger partial charge in [0.2, 0.25) is 0 Å². The maximum atomic E-state index is 14.2. The molecule has 0 aromatic heterocycles. The second-order valence-corrected chi connectivity index (χ2v) is 5.54. The zero-order valence-electron chi connectivity index (χ0n) is 11.6. The van der Waals surface area contributed by atoms with Crippen LogP contribution in [0.5, 0.6) is 5.75 Å². The maximum absolute atomic E-state index is 14.2. The molecule has 3 rings (SSSR count). The van der Waals surface area contributed by atoms with E-state index in [1.165, 1.54) is 6.07 Å². The first-order valence-corrected chi connectivity index (χ1v) is 7.27. The molecule has 4 nitrogen and oxygen atoms in total. The van der Waals surface area contributed by atoms with Crippen molar-refractivity contribution in [3.8, 4) is 5.75 Å². The average Bonchev–Trinajstić information content (AvgIpc) is 2.93. The number of anilines is 1. The first-order chi connectivity index (χ1) is 9.72. The lowest BCUT2D eigenvalue weighted by Gasteiger charge is -2.32. The number of hydrogen-bond donors (Lipinski definition) is 1. The van der Waals surface area contributed by atoms with Crippen LogP contribution < -0.4 is 15.4 Å². The Bertz CT molecular complexity index is 455. The van der Waals surface area contributed by atoms with Gasteiger partial charge in [-0.2, -0.15) is 0 Å². The van der Waals surface area contributed by atoms with Crippen LogP contribution in [0.3, 0.4) is 0 Å². The Hall–Kier alpha value is -1.33. The zero-order chi connectivity index (χ0) is 13.9. The maximum Gasteiger partial charge on any atom is 0.150 e. The van der Waals surface area contributed by atoms with Gasteiger partial charge in [0, 0.05) is 31.6 Å². The van der Waals surface area contributed by atoms with Crippen LogP contribution in [-0.2, 0) is 4.74 Å². The SMILES string of the molecule is NC1CCN(c2ccc(OC3CCOC3)cc2F)CC1. The zero-order valence-corrected chi connectivity index (χ0v) is 11.6. The minimum Gasteiger partial charge on any atom is -0.488 e. The summed E-state index contributed by atoms with van der Waals surface area (Å²) in [6.07, 6.45) is 2.75. The monoisotopic (exact) mass is 280 g/mol. The van der Waals surface area contributed by atoms with Crippen LogP contribution in [0.4, 0.5) is 10.1 Å². The number of piperidine rings is 1. The van der Waals surface area contributed by atoms with Crippen LogP contribution in [0.15, 0.2) is 18.2 Å². The summed E-state index contributed by atoms with van der Waals surface area (Å²) in [6.45, 7) is 2.94. The molecule has 2 aliphatic heterocycles. The smallest absolute Gasteiger partial charge is 0.150 e. The van der Waals surface area contributed by atoms with E-state index in [1.54, 1.807) is 6.07 Å². The summed E-state index contributed by atoms with van der Waals surface area (Å²) in [6, 6.07) is 5.37. The summed E-state index contributed by atoms with van der Waals surface area (Å²) in [4.78, 5) is 2.06. The highest BCUT2D eigenvalue weighted by Crippen LogP contribution is 2.27. The van der Waals surface area contributed by atoms with Crippen molar-refractivity contribution in [2.75, 3.05) is 31.2 Å². The molecule has 20 heavy (non-hydrogen) atoms. The van der Waals surface area contributed by atoms with Crippen molar-refractivity contribution in [3.63, 3.8) is 0 Å². The third-order valence-corrected chi connectivity index (χ3v) is 3.99. The molecule has 0 radical (unpaired) electrons. The molecular weight excluding hydrogens is 259 g/mol. The molecule has 1 atom stereocenters. The van der Waals surface area contributed by atoms with Gasteiger partial charge in [0.05, 0.1) is 18.9 Å². The molecule has 0 amide bonds. The van der Waals surface area contributed by atoms with Gasteiger partial charge in [0.25, 0.3) is 0 Å². The second-order valence-electron chi connectivity index (χ2n) is 5.54. The van der Waals surface area contributed by atoms with Gasteiger partial charge < -0.3 is 20.1 Å². The number of halogens is 1. The largest absolute Gasteiger partial charge is 0.488 e. The number of nitrogens with zero attached hydrogens (tertiary/aromatic N) is 1. The molecule has 2 saturated heterocycles. The van der Waals surface area contributed by atoms with E-state index in [1.807, 2.05) is 6.07 Å². The van der Waals surface area contributed by atoms with E-state index in [4.69, 9.17) is 15.2 Å². The van der Waals surface area contributed by atoms with Gasteiger partial charge >= 0.3 is 0 Å². The van der Waals surface area contributed by atoms with Crippen LogP contribution in [-0.4, -0.2) is 38.4 Å². The van der Waals surface area contributed by atoms with Crippen LogP contribution in [0, 0.1) is 5.82 Å². The molecule has 2 fully saturated rings. The fourth-order valence-electron chi connectivity index (χ4n) is 2.76. The standard InChI is InChI=1S/C15H21FN2O2/c16-14-9-12(20-13-5-8-19-10-13)1-2-15(14)18-6-3-11(17)4-7-18/h1-2,9,11,13H,3-8,10,17H2. The molecule has 2 N–H and O–H groups in total. The molecule has 2 heterocycles. The minimum absolute atomic E-state index is 0.0493. The van der Waals surface area contributed by atoms with Crippen molar-refractivity contribution in [2.24, 2.45) is 5.73 Å². The van der Waals surface area contributed by atoms with Gasteiger partial charge in [0.1, 0.15) is 17.7 Å². The normalized spacial score (nSPS) is 24.1. The number of ether oxygens (including phenoxy) is 2. The van der Waals surface area contributed by atoms with Gasteiger partial charge in [-0.1, -0.05) is 0 Å². The number of rotatable bonds is 3. The van der Waals surface area contributed by atoms with Crippen molar-refractivity contribution in [1.29, 1.82) is 0 Å². The molecule has 1 aromatic rings. The third-order valence-electron chi connectivity index (χ3n) is 3.99. The molecular formula is C15H21FN2O2. The molecule has 0 saturated carbocycles. The number of hydrogen-bond acceptors (Lipinski definition) is 4.